The molecule has 0 spiro atoms. The average Bonchev–Trinajstić information content (AvgIpc) is 3.29. The van der Waals surface area contributed by atoms with Gasteiger partial charge in [-0.15, -0.1) is 0 Å². The lowest BCUT2D eigenvalue weighted by atomic mass is 9.68. The Morgan fingerprint density at radius 3 is 1.36 bits per heavy atom. The van der Waals surface area contributed by atoms with Crippen LogP contribution in [-0.2, 0) is 9.47 Å². The van der Waals surface area contributed by atoms with E-state index in [0.29, 0.717) is 23.0 Å². The lowest BCUT2D eigenvalue weighted by Crippen LogP contribution is -2.45. The molecule has 0 saturated heterocycles. The number of benzene rings is 2. The van der Waals surface area contributed by atoms with Crippen LogP contribution < -0.4 is 0 Å². The maximum absolute atomic E-state index is 12.9. The van der Waals surface area contributed by atoms with Crippen molar-refractivity contribution in [3.63, 3.8) is 0 Å². The van der Waals surface area contributed by atoms with Crippen molar-refractivity contribution in [3.05, 3.63) is 71.8 Å². The first-order valence-corrected chi connectivity index (χ1v) is 12.7. The molecular weight excluding hydrogens is 412 g/mol. The molecule has 2 aromatic rings. The van der Waals surface area contributed by atoms with E-state index in [9.17, 15) is 9.59 Å². The van der Waals surface area contributed by atoms with Gasteiger partial charge in [0.15, 0.2) is 0 Å². The summed E-state index contributed by atoms with van der Waals surface area (Å²) in [4.78, 5) is 25.8. The van der Waals surface area contributed by atoms with Gasteiger partial charge in [-0.25, -0.2) is 9.59 Å². The van der Waals surface area contributed by atoms with E-state index in [1.165, 1.54) is 44.9 Å². The van der Waals surface area contributed by atoms with Crippen molar-refractivity contribution in [1.29, 1.82) is 0 Å². The summed E-state index contributed by atoms with van der Waals surface area (Å²) in [5.74, 6) is 2.16. The van der Waals surface area contributed by atoms with Gasteiger partial charge in [-0.2, -0.15) is 0 Å². The van der Waals surface area contributed by atoms with E-state index in [-0.39, 0.29) is 11.9 Å². The highest BCUT2D eigenvalue weighted by Crippen LogP contribution is 2.47. The van der Waals surface area contributed by atoms with Crippen LogP contribution in [0.1, 0.15) is 78.5 Å². The van der Waals surface area contributed by atoms with Crippen molar-refractivity contribution in [2.75, 3.05) is 0 Å². The summed E-state index contributed by atoms with van der Waals surface area (Å²) in [5.41, 5.74) is 1.08. The molecule has 5 rings (SSSR count). The summed E-state index contributed by atoms with van der Waals surface area (Å²) in [7, 11) is 0. The molecule has 0 bridgehead atoms. The molecule has 174 valence electrons. The number of ether oxygens (including phenoxy) is 2. The van der Waals surface area contributed by atoms with Crippen molar-refractivity contribution in [2.24, 2.45) is 23.7 Å². The summed E-state index contributed by atoms with van der Waals surface area (Å²) >= 11 is 0. The molecular formula is C29H34O4. The molecule has 6 unspecified atom stereocenters. The predicted octanol–water partition coefficient (Wildman–Crippen LogP) is 6.45. The number of carbonyl (C=O) groups excluding carboxylic acids is 2. The molecule has 3 fully saturated rings. The fourth-order valence-electron chi connectivity index (χ4n) is 6.53. The van der Waals surface area contributed by atoms with E-state index in [1.807, 2.05) is 36.4 Å². The Balaban J connectivity index is 1.33. The van der Waals surface area contributed by atoms with Crippen molar-refractivity contribution in [2.45, 2.75) is 70.0 Å². The average molecular weight is 447 g/mol. The van der Waals surface area contributed by atoms with Crippen LogP contribution in [-0.4, -0.2) is 24.1 Å². The molecule has 0 heterocycles. The molecule has 2 aromatic carbocycles. The minimum absolute atomic E-state index is 0.332. The predicted molar refractivity (Wildman–Crippen MR) is 127 cm³/mol. The van der Waals surface area contributed by atoms with Gasteiger partial charge in [0, 0.05) is 0 Å². The second-order valence-electron chi connectivity index (χ2n) is 10.2. The Morgan fingerprint density at radius 1 is 0.545 bits per heavy atom. The van der Waals surface area contributed by atoms with Gasteiger partial charge in [0.1, 0.15) is 12.2 Å². The van der Waals surface area contributed by atoms with E-state index in [1.54, 1.807) is 24.3 Å². The maximum atomic E-state index is 12.9. The molecule has 0 N–H and O–H groups in total. The first-order valence-electron chi connectivity index (χ1n) is 12.7. The molecule has 3 aliphatic rings. The number of hydrogen-bond donors (Lipinski definition) is 0. The molecule has 0 radical (unpaired) electrons. The third-order valence-corrected chi connectivity index (χ3v) is 8.32. The Labute approximate surface area is 196 Å². The summed E-state index contributed by atoms with van der Waals surface area (Å²) in [6, 6.07) is 18.2. The van der Waals surface area contributed by atoms with Crippen LogP contribution in [0.25, 0.3) is 0 Å². The summed E-state index contributed by atoms with van der Waals surface area (Å²) in [6.07, 6.45) is 9.89. The smallest absolute Gasteiger partial charge is 0.338 e. The zero-order valence-electron chi connectivity index (χ0n) is 19.2. The number of rotatable bonds is 4. The minimum Gasteiger partial charge on any atom is -0.455 e. The second kappa shape index (κ2) is 10.1. The van der Waals surface area contributed by atoms with Crippen molar-refractivity contribution in [1.82, 2.24) is 0 Å². The van der Waals surface area contributed by atoms with Gasteiger partial charge in [-0.3, -0.25) is 0 Å². The number of hydrogen-bond acceptors (Lipinski definition) is 4. The largest absolute Gasteiger partial charge is 0.455 e. The van der Waals surface area contributed by atoms with Crippen LogP contribution in [0.3, 0.4) is 0 Å². The number of fused-ring (bicyclic) bond motifs is 2. The molecule has 3 saturated carbocycles. The third kappa shape index (κ3) is 5.15. The normalized spacial score (nSPS) is 31.4. The van der Waals surface area contributed by atoms with E-state index < -0.39 is 12.2 Å². The zero-order chi connectivity index (χ0) is 22.6. The van der Waals surface area contributed by atoms with Gasteiger partial charge < -0.3 is 9.47 Å². The summed E-state index contributed by atoms with van der Waals surface area (Å²) in [6.45, 7) is 0. The van der Waals surface area contributed by atoms with Gasteiger partial charge in [-0.1, -0.05) is 55.7 Å². The SMILES string of the molecule is O=C(OC1CC2CCC3CCCC3CCC2CC1OC(=O)c1ccccc1)c1ccccc1. The highest BCUT2D eigenvalue weighted by atomic mass is 16.6. The molecule has 33 heavy (non-hydrogen) atoms. The first kappa shape index (κ1) is 22.2. The van der Waals surface area contributed by atoms with Crippen molar-refractivity contribution in [3.8, 4) is 0 Å². The second-order valence-corrected chi connectivity index (χ2v) is 10.2. The van der Waals surface area contributed by atoms with Crippen LogP contribution in [0, 0.1) is 23.7 Å². The Hall–Kier alpha value is -2.62. The van der Waals surface area contributed by atoms with Crippen LogP contribution in [0.2, 0.25) is 0 Å². The Kier molecular flexibility index (Phi) is 6.80. The van der Waals surface area contributed by atoms with Gasteiger partial charge in [-0.05, 0) is 86.5 Å². The Bertz CT molecular complexity index is 863. The number of carbonyl (C=O) groups is 2. The quantitative estimate of drug-likeness (QED) is 0.506. The zero-order valence-corrected chi connectivity index (χ0v) is 19.2. The minimum atomic E-state index is -0.398. The Morgan fingerprint density at radius 2 is 0.939 bits per heavy atom. The van der Waals surface area contributed by atoms with Crippen molar-refractivity contribution >= 4 is 11.9 Å². The van der Waals surface area contributed by atoms with Crippen LogP contribution in [0.4, 0.5) is 0 Å². The summed E-state index contributed by atoms with van der Waals surface area (Å²) < 4.78 is 12.0. The van der Waals surface area contributed by atoms with Gasteiger partial charge >= 0.3 is 11.9 Å². The standard InChI is InChI=1S/C29H34O4/c30-28(22-8-3-1-4-9-22)32-26-18-24-16-14-20-12-7-13-21(20)15-17-25(24)19-27(26)33-29(31)23-10-5-2-6-11-23/h1-6,8-11,20-21,24-27H,7,12-19H2. The molecule has 3 aliphatic carbocycles. The van der Waals surface area contributed by atoms with E-state index >= 15 is 0 Å². The fraction of sp³-hybridized carbons (Fsp3) is 0.517. The molecule has 0 aromatic heterocycles. The highest BCUT2D eigenvalue weighted by Gasteiger charge is 2.43. The van der Waals surface area contributed by atoms with Crippen molar-refractivity contribution < 1.29 is 19.1 Å². The van der Waals surface area contributed by atoms with E-state index in [2.05, 4.69) is 0 Å². The van der Waals surface area contributed by atoms with Crippen LogP contribution in [0.5, 0.6) is 0 Å². The van der Waals surface area contributed by atoms with Gasteiger partial charge in [0.2, 0.25) is 0 Å². The van der Waals surface area contributed by atoms with E-state index in [4.69, 9.17) is 9.47 Å². The fourth-order valence-corrected chi connectivity index (χ4v) is 6.53. The van der Waals surface area contributed by atoms with E-state index in [0.717, 1.165) is 24.7 Å². The maximum Gasteiger partial charge on any atom is 0.338 e. The molecule has 4 heteroatoms. The summed E-state index contributed by atoms with van der Waals surface area (Å²) in [5, 5.41) is 0. The molecule has 6 atom stereocenters. The number of esters is 2. The molecule has 0 amide bonds. The third-order valence-electron chi connectivity index (χ3n) is 8.32. The van der Waals surface area contributed by atoms with Gasteiger partial charge in [0.05, 0.1) is 11.1 Å². The van der Waals surface area contributed by atoms with Gasteiger partial charge in [0.25, 0.3) is 0 Å². The van der Waals surface area contributed by atoms with Crippen LogP contribution in [0.15, 0.2) is 60.7 Å². The topological polar surface area (TPSA) is 52.6 Å². The first-order chi connectivity index (χ1) is 16.2. The molecule has 4 nitrogen and oxygen atoms in total. The van der Waals surface area contributed by atoms with Crippen LogP contribution >= 0.6 is 0 Å². The monoisotopic (exact) mass is 446 g/mol. The lowest BCUT2D eigenvalue weighted by Gasteiger charge is -2.42. The highest BCUT2D eigenvalue weighted by molar-refractivity contribution is 5.90. The lowest BCUT2D eigenvalue weighted by molar-refractivity contribution is -0.0794. The molecule has 0 aliphatic heterocycles.